The Labute approximate surface area is 308 Å². The van der Waals surface area contributed by atoms with Crippen molar-refractivity contribution in [3.05, 3.63) is 87.9 Å². The highest BCUT2D eigenvalue weighted by Gasteiger charge is 2.75. The van der Waals surface area contributed by atoms with Crippen molar-refractivity contribution >= 4 is 45.3 Å². The predicted octanol–water partition coefficient (Wildman–Crippen LogP) is 5.40. The van der Waals surface area contributed by atoms with Crippen LogP contribution in [0.5, 0.6) is 0 Å². The van der Waals surface area contributed by atoms with Crippen molar-refractivity contribution in [2.45, 2.75) is 89.8 Å². The Kier molecular flexibility index (Phi) is 10.6. The molecular formula is C40H48BrN3O7. The fourth-order valence-corrected chi connectivity index (χ4v) is 8.98. The Hall–Kier alpha value is -3.80. The van der Waals surface area contributed by atoms with Crippen molar-refractivity contribution in [2.24, 2.45) is 17.8 Å². The standard InChI is InChI=1S/C40H48BrN3O7/c1-7-24(3)30(22-45)44-36-38(48)43(29-20-23(2)17-18-25(29)4)19-13-9-12-16-31(46)42(6)26(5)34(27-14-10-8-11-15-27)50-39(49)32-33(37(44)47)40(36)21-28(41)35(32)51-40/h8-11,13-15,17-18,20-21,24,26,30,32-36,45H,7,12,16,19,22H2,1-6H3/b13-9-/t24-,26+,30-,32-,33+,34-,35-,36-,40+/m0/s1. The molecule has 4 aliphatic heterocycles. The number of fused-ring (bicyclic) bond motifs is 2. The molecule has 10 nitrogen and oxygen atoms in total. The van der Waals surface area contributed by atoms with E-state index in [1.807, 2.05) is 95.3 Å². The number of aryl methyl sites for hydroxylation is 2. The number of nitrogens with zero attached hydrogens (tertiary/aromatic N) is 3. The van der Waals surface area contributed by atoms with Gasteiger partial charge in [0.15, 0.2) is 0 Å². The van der Waals surface area contributed by atoms with E-state index in [9.17, 15) is 19.5 Å². The molecule has 3 amide bonds. The number of rotatable bonds is 6. The van der Waals surface area contributed by atoms with Gasteiger partial charge in [-0.1, -0.05) is 90.8 Å². The Morgan fingerprint density at radius 1 is 1.02 bits per heavy atom. The third-order valence-corrected chi connectivity index (χ3v) is 12.1. The monoisotopic (exact) mass is 761 g/mol. The minimum Gasteiger partial charge on any atom is -0.455 e. The molecule has 5 bridgehead atoms. The van der Waals surface area contributed by atoms with E-state index in [0.717, 1.165) is 11.1 Å². The Bertz CT molecular complexity index is 1750. The van der Waals surface area contributed by atoms with Crippen molar-refractivity contribution in [1.29, 1.82) is 0 Å². The molecule has 11 heteroatoms. The zero-order valence-corrected chi connectivity index (χ0v) is 31.7. The number of aliphatic hydroxyl groups is 1. The topological polar surface area (TPSA) is 117 Å². The van der Waals surface area contributed by atoms with Crippen LogP contribution in [0.4, 0.5) is 5.69 Å². The number of halogens is 1. The first-order valence-electron chi connectivity index (χ1n) is 17.9. The van der Waals surface area contributed by atoms with Crippen LogP contribution in [0.2, 0.25) is 0 Å². The van der Waals surface area contributed by atoms with Crippen LogP contribution in [-0.2, 0) is 28.7 Å². The molecule has 2 aromatic rings. The number of esters is 1. The van der Waals surface area contributed by atoms with Gasteiger partial charge in [0.25, 0.3) is 5.91 Å². The summed E-state index contributed by atoms with van der Waals surface area (Å²) in [4.78, 5) is 63.2. The molecule has 0 radical (unpaired) electrons. The van der Waals surface area contributed by atoms with Gasteiger partial charge in [-0.15, -0.1) is 0 Å². The number of hydrogen-bond donors (Lipinski definition) is 1. The molecule has 1 spiro atoms. The molecule has 4 aliphatic rings. The molecule has 0 unspecified atom stereocenters. The maximum atomic E-state index is 15.4. The summed E-state index contributed by atoms with van der Waals surface area (Å²) in [7, 11) is 1.71. The number of ether oxygens (including phenoxy) is 2. The number of likely N-dealkylation sites (N-methyl/N-ethyl adjacent to an activating group) is 1. The van der Waals surface area contributed by atoms with Gasteiger partial charge < -0.3 is 29.3 Å². The summed E-state index contributed by atoms with van der Waals surface area (Å²) in [5, 5.41) is 10.8. The quantitative estimate of drug-likeness (QED) is 0.310. The molecule has 9 atom stereocenters. The van der Waals surface area contributed by atoms with E-state index >= 15 is 4.79 Å². The van der Waals surface area contributed by atoms with Gasteiger partial charge in [-0.3, -0.25) is 19.2 Å². The summed E-state index contributed by atoms with van der Waals surface area (Å²) in [6, 6.07) is 12.7. The molecule has 2 saturated heterocycles. The summed E-state index contributed by atoms with van der Waals surface area (Å²) in [6.07, 6.45) is 5.16. The number of aliphatic hydroxyl groups excluding tert-OH is 1. The van der Waals surface area contributed by atoms with Crippen LogP contribution in [0, 0.1) is 31.6 Å². The summed E-state index contributed by atoms with van der Waals surface area (Å²) < 4.78 is 13.7. The van der Waals surface area contributed by atoms with Crippen molar-refractivity contribution in [1.82, 2.24) is 9.80 Å². The number of allylic oxidation sites excluding steroid dienone is 1. The second kappa shape index (κ2) is 14.7. The molecular weight excluding hydrogens is 714 g/mol. The molecule has 0 saturated carbocycles. The minimum absolute atomic E-state index is 0.117. The number of carbonyl (C=O) groups excluding carboxylic acids is 4. The van der Waals surface area contributed by atoms with Gasteiger partial charge in [0.1, 0.15) is 29.8 Å². The van der Waals surface area contributed by atoms with Crippen LogP contribution in [0.25, 0.3) is 0 Å². The summed E-state index contributed by atoms with van der Waals surface area (Å²) in [6.45, 7) is 9.47. The molecule has 0 aliphatic carbocycles. The number of benzene rings is 2. The van der Waals surface area contributed by atoms with Crippen LogP contribution in [0.3, 0.4) is 0 Å². The van der Waals surface area contributed by atoms with Gasteiger partial charge in [0.2, 0.25) is 11.8 Å². The smallest absolute Gasteiger partial charge is 0.313 e. The molecule has 2 aromatic carbocycles. The van der Waals surface area contributed by atoms with E-state index in [1.54, 1.807) is 22.9 Å². The Morgan fingerprint density at radius 3 is 2.43 bits per heavy atom. The average molecular weight is 763 g/mol. The SMILES string of the molecule is CC[C@H](C)[C@H](CO)N1C(=O)[C@H]2[C@@H]3C(=O)O[C@H](c4ccccc4)[C@@H](C)N(C)C(=O)CC/C=C\CN(c4cc(C)ccc4C)C(=O)[C@H]1[C@@]21C=C(Br)[C@@H]3O1. The van der Waals surface area contributed by atoms with Crippen molar-refractivity contribution < 1.29 is 33.8 Å². The molecule has 1 N–H and O–H groups in total. The highest BCUT2D eigenvalue weighted by atomic mass is 79.9. The number of cyclic esters (lactones) is 1. The third-order valence-electron chi connectivity index (χ3n) is 11.4. The number of likely N-dealkylation sites (tertiary alicyclic amines) is 1. The van der Waals surface area contributed by atoms with E-state index in [-0.39, 0.29) is 37.3 Å². The van der Waals surface area contributed by atoms with E-state index < -0.39 is 59.6 Å². The van der Waals surface area contributed by atoms with Gasteiger partial charge in [0, 0.05) is 30.2 Å². The van der Waals surface area contributed by atoms with Crippen LogP contribution >= 0.6 is 15.9 Å². The maximum Gasteiger partial charge on any atom is 0.313 e. The van der Waals surface area contributed by atoms with Crippen molar-refractivity contribution in [2.75, 3.05) is 25.1 Å². The highest BCUT2D eigenvalue weighted by Crippen LogP contribution is 2.60. The lowest BCUT2D eigenvalue weighted by molar-refractivity contribution is -0.164. The van der Waals surface area contributed by atoms with Gasteiger partial charge in [0.05, 0.1) is 24.6 Å². The normalized spacial score (nSPS) is 31.8. The molecule has 4 heterocycles. The van der Waals surface area contributed by atoms with E-state index in [2.05, 4.69) is 15.9 Å². The lowest BCUT2D eigenvalue weighted by Gasteiger charge is -2.40. The summed E-state index contributed by atoms with van der Waals surface area (Å²) >= 11 is 3.64. The second-order valence-electron chi connectivity index (χ2n) is 14.5. The molecule has 2 fully saturated rings. The highest BCUT2D eigenvalue weighted by molar-refractivity contribution is 9.11. The maximum absolute atomic E-state index is 15.4. The average Bonchev–Trinajstić information content (AvgIpc) is 3.72. The summed E-state index contributed by atoms with van der Waals surface area (Å²) in [5.74, 6) is -3.91. The number of anilines is 1. The van der Waals surface area contributed by atoms with E-state index in [4.69, 9.17) is 9.47 Å². The van der Waals surface area contributed by atoms with Crippen molar-refractivity contribution in [3.63, 3.8) is 0 Å². The Morgan fingerprint density at radius 2 is 1.75 bits per heavy atom. The first-order valence-corrected chi connectivity index (χ1v) is 18.7. The molecule has 272 valence electrons. The lowest BCUT2D eigenvalue weighted by Crippen LogP contribution is -2.59. The first-order chi connectivity index (χ1) is 24.4. The van der Waals surface area contributed by atoms with Crippen LogP contribution < -0.4 is 4.90 Å². The fourth-order valence-electron chi connectivity index (χ4n) is 8.24. The largest absolute Gasteiger partial charge is 0.455 e. The zero-order chi connectivity index (χ0) is 36.8. The van der Waals surface area contributed by atoms with Gasteiger partial charge in [-0.2, -0.15) is 0 Å². The van der Waals surface area contributed by atoms with E-state index in [0.29, 0.717) is 28.6 Å². The molecule has 51 heavy (non-hydrogen) atoms. The van der Waals surface area contributed by atoms with Gasteiger partial charge in [-0.25, -0.2) is 0 Å². The van der Waals surface area contributed by atoms with Gasteiger partial charge >= 0.3 is 5.97 Å². The molecule has 6 rings (SSSR count). The lowest BCUT2D eigenvalue weighted by atomic mass is 9.74. The fraction of sp³-hybridized carbons (Fsp3) is 0.500. The third kappa shape index (κ3) is 6.35. The predicted molar refractivity (Wildman–Crippen MR) is 197 cm³/mol. The van der Waals surface area contributed by atoms with E-state index in [1.165, 1.54) is 4.90 Å². The number of carbonyl (C=O) groups is 4. The Balaban J connectivity index is 1.54. The molecule has 0 aromatic heterocycles. The van der Waals surface area contributed by atoms with Crippen molar-refractivity contribution in [3.8, 4) is 0 Å². The number of hydrogen-bond acceptors (Lipinski definition) is 7. The number of amides is 3. The zero-order valence-electron chi connectivity index (χ0n) is 30.1. The van der Waals surface area contributed by atoms with Crippen LogP contribution in [-0.4, -0.2) is 88.6 Å². The first kappa shape index (κ1) is 37.0. The van der Waals surface area contributed by atoms with Crippen LogP contribution in [0.15, 0.2) is 71.2 Å². The van der Waals surface area contributed by atoms with Crippen LogP contribution in [0.1, 0.15) is 62.8 Å². The van der Waals surface area contributed by atoms with Gasteiger partial charge in [-0.05, 0) is 61.9 Å². The minimum atomic E-state index is -1.50. The second-order valence-corrected chi connectivity index (χ2v) is 15.4. The summed E-state index contributed by atoms with van der Waals surface area (Å²) in [5.41, 5.74) is 1.71.